The fraction of sp³-hybridized carbons (Fsp3) is 0.615. The number of piperazine rings is 1. The van der Waals surface area contributed by atoms with Crippen LogP contribution < -0.4 is 5.69 Å². The summed E-state index contributed by atoms with van der Waals surface area (Å²) in [6, 6.07) is -0.294. The Morgan fingerprint density at radius 1 is 1.33 bits per heavy atom. The molecule has 1 aliphatic rings. The number of carbonyl (C=O) groups is 2. The number of amides is 1. The van der Waals surface area contributed by atoms with Gasteiger partial charge in [-0.15, -0.1) is 0 Å². The van der Waals surface area contributed by atoms with E-state index in [1.165, 1.54) is 0 Å². The van der Waals surface area contributed by atoms with Crippen LogP contribution in [0.25, 0.3) is 0 Å². The average Bonchev–Trinajstić information content (AvgIpc) is 2.81. The van der Waals surface area contributed by atoms with Gasteiger partial charge in [-0.05, 0) is 13.8 Å². The Morgan fingerprint density at radius 2 is 2.05 bits per heavy atom. The summed E-state index contributed by atoms with van der Waals surface area (Å²) < 4.78 is 4.91. The molecule has 0 spiro atoms. The van der Waals surface area contributed by atoms with E-state index in [4.69, 9.17) is 4.74 Å². The molecule has 2 heterocycles. The fourth-order valence-corrected chi connectivity index (χ4v) is 2.39. The van der Waals surface area contributed by atoms with Crippen molar-refractivity contribution in [2.24, 2.45) is 0 Å². The SMILES string of the molecule is CCOC(=O)c1[nH]c(=O)[nH]c1CN1CCN(C)C(=O)[C@H]1C. The first kappa shape index (κ1) is 15.3. The Bertz CT molecular complexity index is 591. The van der Waals surface area contributed by atoms with Crippen molar-refractivity contribution in [2.45, 2.75) is 26.4 Å². The maximum absolute atomic E-state index is 12.0. The molecule has 1 fully saturated rings. The standard InChI is InChI=1S/C13H20N4O4/c1-4-21-12(19)10-9(14-13(20)15-10)7-17-6-5-16(3)11(18)8(17)2/h8H,4-7H2,1-3H3,(H2,14,15,20)/t8-/m1/s1. The summed E-state index contributed by atoms with van der Waals surface area (Å²) in [5, 5.41) is 0. The van der Waals surface area contributed by atoms with Crippen LogP contribution >= 0.6 is 0 Å². The molecule has 21 heavy (non-hydrogen) atoms. The molecule has 0 unspecified atom stereocenters. The molecule has 8 nitrogen and oxygen atoms in total. The van der Waals surface area contributed by atoms with E-state index < -0.39 is 11.7 Å². The first-order valence-corrected chi connectivity index (χ1v) is 6.91. The smallest absolute Gasteiger partial charge is 0.356 e. The highest BCUT2D eigenvalue weighted by Gasteiger charge is 2.30. The molecule has 1 saturated heterocycles. The number of ether oxygens (including phenoxy) is 1. The second-order valence-electron chi connectivity index (χ2n) is 5.06. The second-order valence-corrected chi connectivity index (χ2v) is 5.06. The molecule has 0 aliphatic carbocycles. The van der Waals surface area contributed by atoms with Gasteiger partial charge in [0.1, 0.15) is 5.69 Å². The van der Waals surface area contributed by atoms with E-state index in [-0.39, 0.29) is 24.2 Å². The summed E-state index contributed by atoms with van der Waals surface area (Å²) in [5.41, 5.74) is 0.115. The Hall–Kier alpha value is -2.09. The maximum atomic E-state index is 12.0. The van der Waals surface area contributed by atoms with Crippen LogP contribution in [0, 0.1) is 0 Å². The molecule has 1 atom stereocenters. The molecule has 0 saturated carbocycles. The molecular weight excluding hydrogens is 276 g/mol. The predicted octanol–water partition coefficient (Wildman–Crippen LogP) is -0.458. The van der Waals surface area contributed by atoms with Crippen LogP contribution in [0.15, 0.2) is 4.79 Å². The van der Waals surface area contributed by atoms with Crippen molar-refractivity contribution in [1.82, 2.24) is 19.8 Å². The molecule has 0 bridgehead atoms. The van der Waals surface area contributed by atoms with Crippen LogP contribution in [-0.4, -0.2) is 64.4 Å². The molecule has 1 aromatic rings. The van der Waals surface area contributed by atoms with E-state index in [0.717, 1.165) is 0 Å². The molecule has 8 heteroatoms. The molecular formula is C13H20N4O4. The number of H-pyrrole nitrogens is 2. The maximum Gasteiger partial charge on any atom is 0.356 e. The number of hydrogen-bond donors (Lipinski definition) is 2. The number of imidazole rings is 1. The van der Waals surface area contributed by atoms with E-state index >= 15 is 0 Å². The highest BCUT2D eigenvalue weighted by atomic mass is 16.5. The average molecular weight is 296 g/mol. The number of likely N-dealkylation sites (N-methyl/N-ethyl adjacent to an activating group) is 1. The van der Waals surface area contributed by atoms with Gasteiger partial charge in [0.25, 0.3) is 0 Å². The zero-order valence-electron chi connectivity index (χ0n) is 12.4. The van der Waals surface area contributed by atoms with Crippen LogP contribution in [0.1, 0.15) is 30.0 Å². The molecule has 1 aliphatic heterocycles. The third kappa shape index (κ3) is 3.15. The monoisotopic (exact) mass is 296 g/mol. The van der Waals surface area contributed by atoms with Gasteiger partial charge in [-0.25, -0.2) is 9.59 Å². The second kappa shape index (κ2) is 6.13. The molecule has 0 aromatic carbocycles. The predicted molar refractivity (Wildman–Crippen MR) is 74.9 cm³/mol. The third-order valence-electron chi connectivity index (χ3n) is 3.65. The minimum Gasteiger partial charge on any atom is -0.461 e. The number of esters is 1. The molecule has 2 rings (SSSR count). The van der Waals surface area contributed by atoms with Crippen molar-refractivity contribution in [3.8, 4) is 0 Å². The normalized spacial score (nSPS) is 19.9. The van der Waals surface area contributed by atoms with Gasteiger partial charge >= 0.3 is 11.7 Å². The van der Waals surface area contributed by atoms with Crippen molar-refractivity contribution in [2.75, 3.05) is 26.7 Å². The summed E-state index contributed by atoms with van der Waals surface area (Å²) in [5.74, 6) is -0.546. The first-order valence-electron chi connectivity index (χ1n) is 6.91. The van der Waals surface area contributed by atoms with Crippen molar-refractivity contribution in [3.05, 3.63) is 21.9 Å². The van der Waals surface area contributed by atoms with Crippen molar-refractivity contribution in [3.63, 3.8) is 0 Å². The first-order chi connectivity index (χ1) is 9.93. The Morgan fingerprint density at radius 3 is 2.71 bits per heavy atom. The quantitative estimate of drug-likeness (QED) is 0.733. The molecule has 2 N–H and O–H groups in total. The Labute approximate surface area is 122 Å². The zero-order chi connectivity index (χ0) is 15.6. The number of aromatic nitrogens is 2. The lowest BCUT2D eigenvalue weighted by Gasteiger charge is -2.37. The largest absolute Gasteiger partial charge is 0.461 e. The van der Waals surface area contributed by atoms with Gasteiger partial charge in [0.2, 0.25) is 5.91 Å². The van der Waals surface area contributed by atoms with Crippen LogP contribution in [0.2, 0.25) is 0 Å². The minimum atomic E-state index is -0.570. The minimum absolute atomic E-state index is 0.0248. The molecule has 1 aromatic heterocycles. The van der Waals surface area contributed by atoms with Gasteiger partial charge in [-0.3, -0.25) is 14.7 Å². The topological polar surface area (TPSA) is 98.5 Å². The molecule has 0 radical (unpaired) electrons. The fourth-order valence-electron chi connectivity index (χ4n) is 2.39. The Kier molecular flexibility index (Phi) is 4.46. The summed E-state index contributed by atoms with van der Waals surface area (Å²) in [6.07, 6.45) is 0. The number of carbonyl (C=O) groups excluding carboxylic acids is 2. The number of aromatic amines is 2. The lowest BCUT2D eigenvalue weighted by atomic mass is 10.1. The summed E-state index contributed by atoms with van der Waals surface area (Å²) >= 11 is 0. The third-order valence-corrected chi connectivity index (χ3v) is 3.65. The van der Waals surface area contributed by atoms with Crippen molar-refractivity contribution >= 4 is 11.9 Å². The van der Waals surface area contributed by atoms with Crippen LogP contribution in [-0.2, 0) is 16.1 Å². The van der Waals surface area contributed by atoms with Crippen LogP contribution in [0.4, 0.5) is 0 Å². The number of nitrogens with one attached hydrogen (secondary N) is 2. The molecule has 116 valence electrons. The lowest BCUT2D eigenvalue weighted by Crippen LogP contribution is -2.54. The van der Waals surface area contributed by atoms with Crippen LogP contribution in [0.5, 0.6) is 0 Å². The zero-order valence-corrected chi connectivity index (χ0v) is 12.4. The summed E-state index contributed by atoms with van der Waals surface area (Å²) in [7, 11) is 1.76. The van der Waals surface area contributed by atoms with Gasteiger partial charge in [-0.1, -0.05) is 0 Å². The van der Waals surface area contributed by atoms with Crippen molar-refractivity contribution in [1.29, 1.82) is 0 Å². The summed E-state index contributed by atoms with van der Waals surface area (Å²) in [4.78, 5) is 43.9. The Balaban J connectivity index is 2.18. The van der Waals surface area contributed by atoms with Gasteiger partial charge in [0, 0.05) is 26.7 Å². The highest BCUT2D eigenvalue weighted by molar-refractivity contribution is 5.88. The molecule has 1 amide bonds. The van der Waals surface area contributed by atoms with E-state index in [0.29, 0.717) is 25.3 Å². The number of rotatable bonds is 4. The van der Waals surface area contributed by atoms with E-state index in [2.05, 4.69) is 9.97 Å². The van der Waals surface area contributed by atoms with Gasteiger partial charge < -0.3 is 14.6 Å². The lowest BCUT2D eigenvalue weighted by molar-refractivity contribution is -0.139. The summed E-state index contributed by atoms with van der Waals surface area (Å²) in [6.45, 7) is 5.35. The number of nitrogens with zero attached hydrogens (tertiary/aromatic N) is 2. The highest BCUT2D eigenvalue weighted by Crippen LogP contribution is 2.14. The van der Waals surface area contributed by atoms with Crippen molar-refractivity contribution < 1.29 is 14.3 Å². The van der Waals surface area contributed by atoms with E-state index in [1.807, 2.05) is 11.8 Å². The van der Waals surface area contributed by atoms with E-state index in [1.54, 1.807) is 18.9 Å². The number of hydrogen-bond acceptors (Lipinski definition) is 5. The van der Waals surface area contributed by atoms with E-state index in [9.17, 15) is 14.4 Å². The van der Waals surface area contributed by atoms with Crippen LogP contribution in [0.3, 0.4) is 0 Å². The van der Waals surface area contributed by atoms with Gasteiger partial charge in [0.15, 0.2) is 0 Å². The van der Waals surface area contributed by atoms with Gasteiger partial charge in [0.05, 0.1) is 18.3 Å². The van der Waals surface area contributed by atoms with Gasteiger partial charge in [-0.2, -0.15) is 0 Å².